The quantitative estimate of drug-likeness (QED) is 0.855. The van der Waals surface area contributed by atoms with Crippen LogP contribution in [0.2, 0.25) is 0 Å². The summed E-state index contributed by atoms with van der Waals surface area (Å²) in [6.45, 7) is 6.78. The van der Waals surface area contributed by atoms with Crippen LogP contribution in [-0.2, 0) is 4.74 Å². The molecular weight excluding hydrogens is 356 g/mol. The third-order valence-corrected chi connectivity index (χ3v) is 5.22. The minimum Gasteiger partial charge on any atom is -0.378 e. The van der Waals surface area contributed by atoms with Gasteiger partial charge >= 0.3 is 0 Å². The fourth-order valence-corrected chi connectivity index (χ4v) is 3.53. The van der Waals surface area contributed by atoms with E-state index >= 15 is 0 Å². The molecule has 1 amide bonds. The Morgan fingerprint density at radius 2 is 1.75 bits per heavy atom. The van der Waals surface area contributed by atoms with Crippen molar-refractivity contribution < 1.29 is 9.53 Å². The number of carbonyl (C=O) groups is 1. The summed E-state index contributed by atoms with van der Waals surface area (Å²) < 4.78 is 5.44. The molecule has 2 fully saturated rings. The van der Waals surface area contributed by atoms with Gasteiger partial charge < -0.3 is 24.8 Å². The summed E-state index contributed by atoms with van der Waals surface area (Å²) in [4.78, 5) is 28.1. The normalized spacial score (nSPS) is 18.2. The second kappa shape index (κ2) is 8.53. The van der Waals surface area contributed by atoms with Crippen molar-refractivity contribution in [1.82, 2.24) is 14.9 Å². The lowest BCUT2D eigenvalue weighted by molar-refractivity contribution is 0.102. The molecule has 2 aliphatic rings. The number of ether oxygens (including phenoxy) is 1. The minimum absolute atomic E-state index is 0.224. The monoisotopic (exact) mass is 382 g/mol. The summed E-state index contributed by atoms with van der Waals surface area (Å²) in [6, 6.07) is 9.63. The van der Waals surface area contributed by atoms with Crippen molar-refractivity contribution in [2.75, 3.05) is 74.6 Å². The first kappa shape index (κ1) is 18.6. The largest absolute Gasteiger partial charge is 0.378 e. The van der Waals surface area contributed by atoms with E-state index < -0.39 is 0 Å². The molecule has 8 heteroatoms. The third kappa shape index (κ3) is 4.23. The number of benzene rings is 1. The average molecular weight is 382 g/mol. The Kier molecular flexibility index (Phi) is 5.68. The molecule has 0 radical (unpaired) electrons. The zero-order valence-corrected chi connectivity index (χ0v) is 16.2. The Bertz CT molecular complexity index is 816. The van der Waals surface area contributed by atoms with Gasteiger partial charge in [0.1, 0.15) is 17.8 Å². The van der Waals surface area contributed by atoms with Crippen LogP contribution >= 0.6 is 0 Å². The highest BCUT2D eigenvalue weighted by molar-refractivity contribution is 6.05. The highest BCUT2D eigenvalue weighted by atomic mass is 16.5. The molecule has 148 valence electrons. The average Bonchev–Trinajstić information content (AvgIpc) is 2.75. The van der Waals surface area contributed by atoms with Gasteiger partial charge in [0.05, 0.1) is 24.6 Å². The van der Waals surface area contributed by atoms with Gasteiger partial charge in [-0.15, -0.1) is 0 Å². The molecule has 1 aromatic carbocycles. The van der Waals surface area contributed by atoms with Gasteiger partial charge in [0.15, 0.2) is 0 Å². The molecule has 0 bridgehead atoms. The van der Waals surface area contributed by atoms with E-state index in [1.165, 1.54) is 6.33 Å². The highest BCUT2D eigenvalue weighted by Gasteiger charge is 2.19. The second-order valence-electron chi connectivity index (χ2n) is 7.12. The van der Waals surface area contributed by atoms with Gasteiger partial charge in [-0.3, -0.25) is 4.79 Å². The molecule has 0 spiro atoms. The lowest BCUT2D eigenvalue weighted by atomic mass is 10.2. The highest BCUT2D eigenvalue weighted by Crippen LogP contribution is 2.27. The molecular formula is C20H26N6O2. The lowest BCUT2D eigenvalue weighted by Crippen LogP contribution is -2.44. The van der Waals surface area contributed by atoms with E-state index in [1.54, 1.807) is 6.07 Å². The Labute approximate surface area is 165 Å². The third-order valence-electron chi connectivity index (χ3n) is 5.22. The van der Waals surface area contributed by atoms with Crippen molar-refractivity contribution in [1.29, 1.82) is 0 Å². The van der Waals surface area contributed by atoms with Crippen LogP contribution in [0.1, 0.15) is 10.5 Å². The number of amides is 1. The topological polar surface area (TPSA) is 73.8 Å². The number of morpholine rings is 1. The number of anilines is 3. The summed E-state index contributed by atoms with van der Waals surface area (Å²) in [7, 11) is 2.11. The maximum Gasteiger partial charge on any atom is 0.274 e. The number of rotatable bonds is 4. The van der Waals surface area contributed by atoms with Crippen LogP contribution < -0.4 is 15.1 Å². The van der Waals surface area contributed by atoms with E-state index in [-0.39, 0.29) is 5.91 Å². The smallest absolute Gasteiger partial charge is 0.274 e. The van der Waals surface area contributed by atoms with Crippen LogP contribution in [0.4, 0.5) is 17.2 Å². The summed E-state index contributed by atoms with van der Waals surface area (Å²) in [5.74, 6) is 0.577. The molecule has 0 saturated carbocycles. The Hall–Kier alpha value is -2.71. The number of likely N-dealkylation sites (N-methyl/N-ethyl adjacent to an activating group) is 1. The van der Waals surface area contributed by atoms with Crippen LogP contribution in [0.15, 0.2) is 36.7 Å². The van der Waals surface area contributed by atoms with Crippen molar-refractivity contribution >= 4 is 23.1 Å². The standard InChI is InChI=1S/C20H26N6O2/c1-24-6-8-26(9-7-24)19-14-17(21-15-22-19)20(27)23-16-4-2-3-5-18(16)25-10-12-28-13-11-25/h2-5,14-15H,6-13H2,1H3,(H,23,27). The van der Waals surface area contributed by atoms with E-state index in [4.69, 9.17) is 4.74 Å². The fraction of sp³-hybridized carbons (Fsp3) is 0.450. The van der Waals surface area contributed by atoms with Gasteiger partial charge in [-0.1, -0.05) is 12.1 Å². The second-order valence-corrected chi connectivity index (χ2v) is 7.12. The van der Waals surface area contributed by atoms with E-state index in [1.807, 2.05) is 24.3 Å². The summed E-state index contributed by atoms with van der Waals surface area (Å²) in [6.07, 6.45) is 1.47. The van der Waals surface area contributed by atoms with Crippen LogP contribution in [0.3, 0.4) is 0 Å². The molecule has 2 aromatic rings. The number of nitrogens with zero attached hydrogens (tertiary/aromatic N) is 5. The number of hydrogen-bond donors (Lipinski definition) is 1. The Morgan fingerprint density at radius 3 is 2.54 bits per heavy atom. The molecule has 0 aliphatic carbocycles. The summed E-state index contributed by atoms with van der Waals surface area (Å²) in [5.41, 5.74) is 2.17. The minimum atomic E-state index is -0.224. The van der Waals surface area contributed by atoms with Gasteiger partial charge in [-0.05, 0) is 19.2 Å². The Morgan fingerprint density at radius 1 is 1.00 bits per heavy atom. The molecule has 0 unspecified atom stereocenters. The number of hydrogen-bond acceptors (Lipinski definition) is 7. The van der Waals surface area contributed by atoms with Gasteiger partial charge in [0.2, 0.25) is 0 Å². The molecule has 28 heavy (non-hydrogen) atoms. The van der Waals surface area contributed by atoms with Gasteiger partial charge in [-0.2, -0.15) is 0 Å². The van der Waals surface area contributed by atoms with Gasteiger partial charge in [0, 0.05) is 45.3 Å². The number of nitrogens with one attached hydrogen (secondary N) is 1. The maximum atomic E-state index is 12.9. The molecule has 1 N–H and O–H groups in total. The molecule has 4 rings (SSSR count). The van der Waals surface area contributed by atoms with Crippen LogP contribution in [0.5, 0.6) is 0 Å². The van der Waals surface area contributed by atoms with Crippen molar-refractivity contribution in [3.8, 4) is 0 Å². The summed E-state index contributed by atoms with van der Waals surface area (Å²) >= 11 is 0. The molecule has 8 nitrogen and oxygen atoms in total. The molecule has 3 heterocycles. The maximum absolute atomic E-state index is 12.9. The zero-order valence-electron chi connectivity index (χ0n) is 16.2. The number of aromatic nitrogens is 2. The van der Waals surface area contributed by atoms with Crippen LogP contribution in [-0.4, -0.2) is 80.3 Å². The number of para-hydroxylation sites is 2. The molecule has 2 saturated heterocycles. The van der Waals surface area contributed by atoms with E-state index in [2.05, 4.69) is 37.0 Å². The van der Waals surface area contributed by atoms with Crippen molar-refractivity contribution in [2.45, 2.75) is 0 Å². The number of piperazine rings is 1. The predicted octanol–water partition coefficient (Wildman–Crippen LogP) is 1.32. The number of carbonyl (C=O) groups excluding carboxylic acids is 1. The molecule has 0 atom stereocenters. The van der Waals surface area contributed by atoms with Gasteiger partial charge in [0.25, 0.3) is 5.91 Å². The van der Waals surface area contributed by atoms with Crippen LogP contribution in [0, 0.1) is 0 Å². The first-order chi connectivity index (χ1) is 13.7. The molecule has 1 aromatic heterocycles. The van der Waals surface area contributed by atoms with Crippen molar-refractivity contribution in [3.63, 3.8) is 0 Å². The van der Waals surface area contributed by atoms with E-state index in [0.717, 1.165) is 56.5 Å². The predicted molar refractivity (Wildman–Crippen MR) is 109 cm³/mol. The first-order valence-corrected chi connectivity index (χ1v) is 9.69. The Balaban J connectivity index is 1.49. The van der Waals surface area contributed by atoms with E-state index in [0.29, 0.717) is 18.9 Å². The first-order valence-electron chi connectivity index (χ1n) is 9.69. The molecule has 2 aliphatic heterocycles. The van der Waals surface area contributed by atoms with Crippen molar-refractivity contribution in [3.05, 3.63) is 42.4 Å². The van der Waals surface area contributed by atoms with Gasteiger partial charge in [-0.25, -0.2) is 9.97 Å². The zero-order chi connectivity index (χ0) is 19.3. The summed E-state index contributed by atoms with van der Waals surface area (Å²) in [5, 5.41) is 3.02. The van der Waals surface area contributed by atoms with E-state index in [9.17, 15) is 4.79 Å². The SMILES string of the molecule is CN1CCN(c2cc(C(=O)Nc3ccccc3N3CCOCC3)ncn2)CC1. The fourth-order valence-electron chi connectivity index (χ4n) is 3.53. The van der Waals surface area contributed by atoms with Crippen LogP contribution in [0.25, 0.3) is 0 Å². The van der Waals surface area contributed by atoms with Crippen molar-refractivity contribution in [2.24, 2.45) is 0 Å². The lowest BCUT2D eigenvalue weighted by Gasteiger charge is -2.33.